The zero-order valence-corrected chi connectivity index (χ0v) is 13.4. The molecule has 5 heteroatoms. The lowest BCUT2D eigenvalue weighted by molar-refractivity contribution is -0.306. The molecule has 3 rings (SSSR count). The minimum absolute atomic E-state index is 0.213. The molecule has 4 nitrogen and oxygen atoms in total. The fourth-order valence-electron chi connectivity index (χ4n) is 4.20. The predicted octanol–water partition coefficient (Wildman–Crippen LogP) is 2.66. The van der Waals surface area contributed by atoms with Gasteiger partial charge in [-0.15, -0.1) is 0 Å². The molecule has 1 saturated heterocycles. The average Bonchev–Trinajstić information content (AvgIpc) is 3.03. The maximum absolute atomic E-state index is 11.7. The molecule has 0 unspecified atom stereocenters. The molecule has 0 aromatic carbocycles. The molecule has 0 radical (unpaired) electrons. The maximum atomic E-state index is 11.7. The van der Waals surface area contributed by atoms with Gasteiger partial charge in [-0.2, -0.15) is 0 Å². The van der Waals surface area contributed by atoms with Crippen molar-refractivity contribution in [3.05, 3.63) is 11.6 Å². The monoisotopic (exact) mass is 344 g/mol. The molecule has 0 amide bonds. The standard InChI is InChI=1S/C15H21BrO4/c1-2-18-13(17)9-10-3-4-11-14(10)12(5-6-16)15(11)19-7-8-20-15/h9,11-12,14H,2-8H2,1H3/t11-,12+,14+/m1/s1. The maximum Gasteiger partial charge on any atom is 0.330 e. The van der Waals surface area contributed by atoms with Gasteiger partial charge in [0.2, 0.25) is 0 Å². The quantitative estimate of drug-likeness (QED) is 0.446. The number of esters is 1. The molecule has 2 aliphatic carbocycles. The summed E-state index contributed by atoms with van der Waals surface area (Å²) < 4.78 is 17.0. The van der Waals surface area contributed by atoms with E-state index in [0.29, 0.717) is 37.6 Å². The van der Waals surface area contributed by atoms with E-state index in [9.17, 15) is 4.79 Å². The van der Waals surface area contributed by atoms with Crippen LogP contribution in [0.3, 0.4) is 0 Å². The fourth-order valence-corrected chi connectivity index (χ4v) is 4.69. The Balaban J connectivity index is 1.78. The Morgan fingerprint density at radius 2 is 2.25 bits per heavy atom. The summed E-state index contributed by atoms with van der Waals surface area (Å²) in [5.41, 5.74) is 1.23. The van der Waals surface area contributed by atoms with Crippen LogP contribution >= 0.6 is 15.9 Å². The Bertz CT molecular complexity index is 414. The van der Waals surface area contributed by atoms with Crippen LogP contribution in [0.25, 0.3) is 0 Å². The number of carbonyl (C=O) groups is 1. The fraction of sp³-hybridized carbons (Fsp3) is 0.800. The largest absolute Gasteiger partial charge is 0.463 e. The molecule has 0 aromatic rings. The molecule has 1 aliphatic heterocycles. The average molecular weight is 345 g/mol. The first-order valence-corrected chi connectivity index (χ1v) is 8.56. The Morgan fingerprint density at radius 1 is 1.50 bits per heavy atom. The van der Waals surface area contributed by atoms with E-state index < -0.39 is 0 Å². The Morgan fingerprint density at radius 3 is 2.90 bits per heavy atom. The zero-order valence-electron chi connectivity index (χ0n) is 11.8. The van der Waals surface area contributed by atoms with E-state index >= 15 is 0 Å². The molecule has 3 fully saturated rings. The lowest BCUT2D eigenvalue weighted by Gasteiger charge is -2.55. The molecular weight excluding hydrogens is 324 g/mol. The second-order valence-corrected chi connectivity index (χ2v) is 6.44. The van der Waals surface area contributed by atoms with Gasteiger partial charge in [0.15, 0.2) is 5.79 Å². The highest BCUT2D eigenvalue weighted by molar-refractivity contribution is 9.09. The predicted molar refractivity (Wildman–Crippen MR) is 77.5 cm³/mol. The Kier molecular flexibility index (Phi) is 4.20. The number of halogens is 1. The van der Waals surface area contributed by atoms with E-state index in [2.05, 4.69) is 15.9 Å². The molecular formula is C15H21BrO4. The summed E-state index contributed by atoms with van der Waals surface area (Å²) in [6.07, 6.45) is 4.73. The first-order valence-electron chi connectivity index (χ1n) is 7.44. The molecule has 3 atom stereocenters. The molecule has 0 bridgehead atoms. The number of allylic oxidation sites excluding steroid dienone is 1. The summed E-state index contributed by atoms with van der Waals surface area (Å²) in [5, 5.41) is 0.933. The van der Waals surface area contributed by atoms with Gasteiger partial charge in [-0.1, -0.05) is 21.5 Å². The lowest BCUT2D eigenvalue weighted by Crippen LogP contribution is -2.61. The number of fused-ring (bicyclic) bond motifs is 2. The Hall–Kier alpha value is -0.390. The molecule has 112 valence electrons. The highest BCUT2D eigenvalue weighted by atomic mass is 79.9. The number of rotatable bonds is 4. The zero-order chi connectivity index (χ0) is 14.2. The summed E-state index contributed by atoms with van der Waals surface area (Å²) in [4.78, 5) is 11.7. The van der Waals surface area contributed by atoms with Crippen LogP contribution in [0.15, 0.2) is 11.6 Å². The van der Waals surface area contributed by atoms with Gasteiger partial charge in [-0.25, -0.2) is 4.79 Å². The Labute approximate surface area is 128 Å². The third-order valence-electron chi connectivity index (χ3n) is 4.82. The molecule has 1 heterocycles. The van der Waals surface area contributed by atoms with Crippen LogP contribution in [0.4, 0.5) is 0 Å². The third kappa shape index (κ3) is 2.14. The van der Waals surface area contributed by atoms with Crippen LogP contribution in [-0.4, -0.2) is 36.9 Å². The summed E-state index contributed by atoms with van der Waals surface area (Å²) in [6, 6.07) is 0. The molecule has 3 aliphatic rings. The summed E-state index contributed by atoms with van der Waals surface area (Å²) in [7, 11) is 0. The topological polar surface area (TPSA) is 44.8 Å². The van der Waals surface area contributed by atoms with Gasteiger partial charge in [0, 0.05) is 23.2 Å². The molecule has 1 spiro atoms. The SMILES string of the molecule is CCOC(=O)C=C1CC[C@@H]2[C@H]1[C@H](CCBr)C21OCCO1. The van der Waals surface area contributed by atoms with Gasteiger partial charge in [0.05, 0.1) is 19.8 Å². The van der Waals surface area contributed by atoms with Gasteiger partial charge in [-0.05, 0) is 32.1 Å². The van der Waals surface area contributed by atoms with Crippen LogP contribution in [0, 0.1) is 17.8 Å². The molecule has 0 aromatic heterocycles. The first kappa shape index (κ1) is 14.5. The summed E-state index contributed by atoms with van der Waals surface area (Å²) in [6.45, 7) is 3.65. The van der Waals surface area contributed by atoms with Crippen molar-refractivity contribution in [2.75, 3.05) is 25.2 Å². The lowest BCUT2D eigenvalue weighted by atomic mass is 9.59. The van der Waals surface area contributed by atoms with Gasteiger partial charge in [0.1, 0.15) is 0 Å². The third-order valence-corrected chi connectivity index (χ3v) is 5.28. The summed E-state index contributed by atoms with van der Waals surface area (Å²) in [5.74, 6) is 0.611. The van der Waals surface area contributed by atoms with E-state index in [4.69, 9.17) is 14.2 Å². The van der Waals surface area contributed by atoms with Crippen molar-refractivity contribution in [2.45, 2.75) is 32.0 Å². The van der Waals surface area contributed by atoms with Gasteiger partial charge in [-0.3, -0.25) is 0 Å². The highest BCUT2D eigenvalue weighted by Gasteiger charge is 2.67. The van der Waals surface area contributed by atoms with Crippen LogP contribution in [-0.2, 0) is 19.0 Å². The van der Waals surface area contributed by atoms with Crippen LogP contribution in [0.2, 0.25) is 0 Å². The van der Waals surface area contributed by atoms with Gasteiger partial charge < -0.3 is 14.2 Å². The van der Waals surface area contributed by atoms with Gasteiger partial charge in [0.25, 0.3) is 0 Å². The van der Waals surface area contributed by atoms with Crippen LogP contribution in [0.5, 0.6) is 0 Å². The van der Waals surface area contributed by atoms with E-state index in [0.717, 1.165) is 24.6 Å². The smallest absolute Gasteiger partial charge is 0.330 e. The first-order chi connectivity index (χ1) is 9.73. The van der Waals surface area contributed by atoms with Crippen molar-refractivity contribution in [3.8, 4) is 0 Å². The minimum atomic E-state index is -0.372. The van der Waals surface area contributed by atoms with Crippen molar-refractivity contribution < 1.29 is 19.0 Å². The van der Waals surface area contributed by atoms with Crippen molar-refractivity contribution in [1.29, 1.82) is 0 Å². The van der Waals surface area contributed by atoms with Crippen molar-refractivity contribution in [3.63, 3.8) is 0 Å². The van der Waals surface area contributed by atoms with E-state index in [1.807, 2.05) is 6.92 Å². The van der Waals surface area contributed by atoms with Gasteiger partial charge >= 0.3 is 5.97 Å². The van der Waals surface area contributed by atoms with Crippen molar-refractivity contribution in [1.82, 2.24) is 0 Å². The normalized spacial score (nSPS) is 36.1. The van der Waals surface area contributed by atoms with Crippen LogP contribution in [0.1, 0.15) is 26.2 Å². The second-order valence-electron chi connectivity index (χ2n) is 5.64. The van der Waals surface area contributed by atoms with Crippen molar-refractivity contribution >= 4 is 21.9 Å². The molecule has 0 N–H and O–H groups in total. The molecule has 2 saturated carbocycles. The number of carbonyl (C=O) groups excluding carboxylic acids is 1. The number of alkyl halides is 1. The van der Waals surface area contributed by atoms with E-state index in [1.165, 1.54) is 5.57 Å². The number of hydrogen-bond acceptors (Lipinski definition) is 4. The number of ether oxygens (including phenoxy) is 3. The van der Waals surface area contributed by atoms with Crippen molar-refractivity contribution in [2.24, 2.45) is 17.8 Å². The highest BCUT2D eigenvalue weighted by Crippen LogP contribution is 2.64. The van der Waals surface area contributed by atoms with E-state index in [-0.39, 0.29) is 11.8 Å². The number of hydrogen-bond donors (Lipinski definition) is 0. The van der Waals surface area contributed by atoms with Crippen LogP contribution < -0.4 is 0 Å². The molecule has 20 heavy (non-hydrogen) atoms. The minimum Gasteiger partial charge on any atom is -0.463 e. The van der Waals surface area contributed by atoms with E-state index in [1.54, 1.807) is 6.08 Å². The second kappa shape index (κ2) is 5.78. The summed E-state index contributed by atoms with van der Waals surface area (Å²) >= 11 is 3.53.